The Bertz CT molecular complexity index is 1800. The summed E-state index contributed by atoms with van der Waals surface area (Å²) >= 11 is 10.0. The van der Waals surface area contributed by atoms with Gasteiger partial charge < -0.3 is 19.3 Å². The minimum absolute atomic E-state index is 0.00252. The van der Waals surface area contributed by atoms with Gasteiger partial charge in [0.25, 0.3) is 17.7 Å². The predicted octanol–water partition coefficient (Wildman–Crippen LogP) is 6.00. The standard InChI is InChI=1S/C38H43N5O5S2/c1-47-32-21-30-31(39-23-26-12-7-16-41(26)37(30)46)22-33(32)48-20-4-2-3-11-27-24-40(18-19-42(27)38(49)50)15-8-17-43-35(44)28-13-5-9-25-10-6-14-29(34(25)28)36(43)45/h5-6,9-10,13-14,21-23,26-27H,2-4,7-8,11-12,15-20,24H2,1H3,(H,49,50)/t26-,27?/m0/s1. The molecule has 2 fully saturated rings. The summed E-state index contributed by atoms with van der Waals surface area (Å²) in [5.41, 5.74) is 2.38. The van der Waals surface area contributed by atoms with Gasteiger partial charge in [0.15, 0.2) is 11.5 Å². The van der Waals surface area contributed by atoms with Crippen molar-refractivity contribution in [3.8, 4) is 11.5 Å². The highest BCUT2D eigenvalue weighted by molar-refractivity contribution is 8.10. The van der Waals surface area contributed by atoms with Crippen LogP contribution < -0.4 is 9.47 Å². The fraction of sp³-hybridized carbons (Fsp3) is 0.447. The molecule has 2 atom stereocenters. The summed E-state index contributed by atoms with van der Waals surface area (Å²) in [5, 5.41) is 1.68. The third kappa shape index (κ3) is 6.85. The van der Waals surface area contributed by atoms with Crippen molar-refractivity contribution in [2.45, 2.75) is 57.0 Å². The second kappa shape index (κ2) is 15.1. The van der Waals surface area contributed by atoms with Crippen LogP contribution >= 0.6 is 24.8 Å². The number of hydrogen-bond acceptors (Lipinski definition) is 8. The van der Waals surface area contributed by atoms with Crippen molar-refractivity contribution in [1.29, 1.82) is 0 Å². The molecule has 0 N–H and O–H groups in total. The molecule has 7 rings (SSSR count). The van der Waals surface area contributed by atoms with Gasteiger partial charge in [-0.3, -0.25) is 29.2 Å². The van der Waals surface area contributed by atoms with Crippen LogP contribution in [0.4, 0.5) is 5.69 Å². The molecule has 0 spiro atoms. The van der Waals surface area contributed by atoms with E-state index in [0.29, 0.717) is 57.8 Å². The third-order valence-corrected chi connectivity index (χ3v) is 10.9. The van der Waals surface area contributed by atoms with Crippen molar-refractivity contribution in [2.24, 2.45) is 4.99 Å². The first kappa shape index (κ1) is 34.4. The highest BCUT2D eigenvalue weighted by Gasteiger charge is 2.34. The highest BCUT2D eigenvalue weighted by atomic mass is 32.1. The van der Waals surface area contributed by atoms with Gasteiger partial charge in [-0.2, -0.15) is 0 Å². The van der Waals surface area contributed by atoms with Crippen LogP contribution in [0.25, 0.3) is 10.8 Å². The minimum atomic E-state index is -0.212. The number of nitrogens with zero attached hydrogens (tertiary/aromatic N) is 5. The van der Waals surface area contributed by atoms with Gasteiger partial charge in [-0.1, -0.05) is 42.9 Å². The molecular formula is C38H43N5O5S2. The first-order chi connectivity index (χ1) is 24.3. The molecule has 0 radical (unpaired) electrons. The quantitative estimate of drug-likeness (QED) is 0.106. The zero-order valence-electron chi connectivity index (χ0n) is 28.4. The number of ether oxygens (including phenoxy) is 2. The molecule has 4 aliphatic rings. The third-order valence-electron chi connectivity index (χ3n) is 10.4. The Morgan fingerprint density at radius 2 is 1.68 bits per heavy atom. The lowest BCUT2D eigenvalue weighted by Crippen LogP contribution is -2.54. The number of fused-ring (bicyclic) bond motifs is 2. The number of aliphatic imine (C=N–C) groups is 1. The van der Waals surface area contributed by atoms with Crippen LogP contribution in [0.1, 0.15) is 76.0 Å². The topological polar surface area (TPSA) is 95.0 Å². The number of rotatable bonds is 12. The van der Waals surface area contributed by atoms with Crippen molar-refractivity contribution in [3.05, 3.63) is 65.2 Å². The van der Waals surface area contributed by atoms with Gasteiger partial charge in [-0.05, 0) is 68.7 Å². The van der Waals surface area contributed by atoms with Crippen molar-refractivity contribution >= 4 is 69.6 Å². The van der Waals surface area contributed by atoms with Gasteiger partial charge in [0.05, 0.1) is 31.0 Å². The molecule has 3 aromatic carbocycles. The number of benzene rings is 3. The van der Waals surface area contributed by atoms with Crippen LogP contribution in [-0.2, 0) is 0 Å². The number of carbonyl (C=O) groups excluding carboxylic acids is 3. The van der Waals surface area contributed by atoms with Crippen LogP contribution in [0.3, 0.4) is 0 Å². The zero-order valence-corrected chi connectivity index (χ0v) is 30.1. The summed E-state index contributed by atoms with van der Waals surface area (Å²) in [6, 6.07) is 15.1. The maximum absolute atomic E-state index is 13.3. The summed E-state index contributed by atoms with van der Waals surface area (Å²) in [6.45, 7) is 4.96. The molecule has 50 heavy (non-hydrogen) atoms. The number of piperazine rings is 1. The molecule has 12 heteroatoms. The summed E-state index contributed by atoms with van der Waals surface area (Å²) in [6.07, 6.45) is 8.35. The number of thiol groups is 1. The van der Waals surface area contributed by atoms with E-state index in [1.807, 2.05) is 53.6 Å². The molecule has 0 bridgehead atoms. The Labute approximate surface area is 303 Å². The average molecular weight is 714 g/mol. The number of hydrogen-bond donors (Lipinski definition) is 1. The molecular weight excluding hydrogens is 671 g/mol. The minimum Gasteiger partial charge on any atom is -0.493 e. The molecule has 0 aliphatic carbocycles. The lowest BCUT2D eigenvalue weighted by molar-refractivity contribution is 0.0594. The van der Waals surface area contributed by atoms with Crippen LogP contribution in [0.15, 0.2) is 53.5 Å². The van der Waals surface area contributed by atoms with E-state index < -0.39 is 0 Å². The first-order valence-electron chi connectivity index (χ1n) is 17.6. The van der Waals surface area contributed by atoms with E-state index in [-0.39, 0.29) is 29.8 Å². The Hall–Kier alpha value is -4.00. The second-order valence-electron chi connectivity index (χ2n) is 13.5. The molecule has 3 amide bonds. The number of imide groups is 1. The Morgan fingerprint density at radius 1 is 0.900 bits per heavy atom. The number of methoxy groups -OCH3 is 1. The van der Waals surface area contributed by atoms with Gasteiger partial charge in [0, 0.05) is 67.6 Å². The molecule has 2 saturated heterocycles. The summed E-state index contributed by atoms with van der Waals surface area (Å²) in [5.74, 6) is 0.715. The SMILES string of the molecule is COc1cc2c(cc1OCCCCCC1CN(CCCN3C(=O)c4cccc5cccc(c45)C3=O)CCN1C(=S)S)N=C[C@@H]1CCCN1C2=O. The fourth-order valence-corrected chi connectivity index (χ4v) is 8.32. The van der Waals surface area contributed by atoms with E-state index in [1.54, 1.807) is 13.2 Å². The average Bonchev–Trinajstić information content (AvgIpc) is 3.56. The van der Waals surface area contributed by atoms with E-state index in [0.717, 1.165) is 82.0 Å². The lowest BCUT2D eigenvalue weighted by Gasteiger charge is -2.42. The summed E-state index contributed by atoms with van der Waals surface area (Å²) in [4.78, 5) is 52.3. The van der Waals surface area contributed by atoms with E-state index in [9.17, 15) is 14.4 Å². The van der Waals surface area contributed by atoms with E-state index in [1.165, 1.54) is 4.90 Å². The number of thiocarbonyl (C=S) groups is 1. The Morgan fingerprint density at radius 3 is 2.42 bits per heavy atom. The van der Waals surface area contributed by atoms with E-state index in [2.05, 4.69) is 27.4 Å². The van der Waals surface area contributed by atoms with Gasteiger partial charge >= 0.3 is 0 Å². The lowest BCUT2D eigenvalue weighted by atomic mass is 9.94. The van der Waals surface area contributed by atoms with Gasteiger partial charge in [0.2, 0.25) is 0 Å². The van der Waals surface area contributed by atoms with Gasteiger partial charge in [0.1, 0.15) is 4.32 Å². The highest BCUT2D eigenvalue weighted by Crippen LogP contribution is 2.38. The molecule has 0 saturated carbocycles. The maximum atomic E-state index is 13.3. The van der Waals surface area contributed by atoms with Gasteiger partial charge in [-0.15, -0.1) is 12.6 Å². The van der Waals surface area contributed by atoms with Crippen molar-refractivity contribution in [2.75, 3.05) is 53.0 Å². The van der Waals surface area contributed by atoms with Crippen molar-refractivity contribution in [3.63, 3.8) is 0 Å². The number of carbonyl (C=O) groups is 3. The van der Waals surface area contributed by atoms with E-state index in [4.69, 9.17) is 21.7 Å². The molecule has 4 aliphatic heterocycles. The van der Waals surface area contributed by atoms with Crippen LogP contribution in [0.2, 0.25) is 0 Å². The predicted molar refractivity (Wildman–Crippen MR) is 202 cm³/mol. The van der Waals surface area contributed by atoms with Crippen LogP contribution in [0, 0.1) is 0 Å². The van der Waals surface area contributed by atoms with Crippen molar-refractivity contribution < 1.29 is 23.9 Å². The smallest absolute Gasteiger partial charge is 0.261 e. The Kier molecular flexibility index (Phi) is 10.4. The summed E-state index contributed by atoms with van der Waals surface area (Å²) < 4.78 is 12.4. The normalized spacial score (nSPS) is 20.3. The number of amides is 3. The fourth-order valence-electron chi connectivity index (χ4n) is 7.82. The van der Waals surface area contributed by atoms with Crippen LogP contribution in [0.5, 0.6) is 11.5 Å². The monoisotopic (exact) mass is 713 g/mol. The zero-order chi connectivity index (χ0) is 34.8. The molecule has 262 valence electrons. The maximum Gasteiger partial charge on any atom is 0.261 e. The largest absolute Gasteiger partial charge is 0.493 e. The van der Waals surface area contributed by atoms with Crippen molar-refractivity contribution in [1.82, 2.24) is 19.6 Å². The second-order valence-corrected chi connectivity index (χ2v) is 14.6. The molecule has 4 heterocycles. The number of unbranched alkanes of at least 4 members (excludes halogenated alkanes) is 2. The molecule has 3 aromatic rings. The van der Waals surface area contributed by atoms with E-state index >= 15 is 0 Å². The van der Waals surface area contributed by atoms with Gasteiger partial charge in [-0.25, -0.2) is 0 Å². The molecule has 1 unspecified atom stereocenters. The molecule has 0 aromatic heterocycles. The molecule has 10 nitrogen and oxygen atoms in total. The Balaban J connectivity index is 0.884. The first-order valence-corrected chi connectivity index (χ1v) is 18.5. The summed E-state index contributed by atoms with van der Waals surface area (Å²) in [7, 11) is 1.59. The van der Waals surface area contributed by atoms with Crippen LogP contribution in [-0.4, -0.2) is 113 Å².